The van der Waals surface area contributed by atoms with E-state index >= 15 is 0 Å². The second-order valence-electron chi connectivity index (χ2n) is 14.1. The maximum Gasteiger partial charge on any atom is 0.285 e. The van der Waals surface area contributed by atoms with Gasteiger partial charge in [0.15, 0.2) is 0 Å². The highest BCUT2D eigenvalue weighted by Crippen LogP contribution is 2.46. The second kappa shape index (κ2) is 13.8. The number of carbonyl (C=O) groups excluding carboxylic acids is 2. The fourth-order valence-electron chi connectivity index (χ4n) is 7.76. The van der Waals surface area contributed by atoms with Crippen molar-refractivity contribution in [3.8, 4) is 11.6 Å². The van der Waals surface area contributed by atoms with Gasteiger partial charge >= 0.3 is 0 Å². The lowest BCUT2D eigenvalue weighted by molar-refractivity contribution is 0.0993. The molecule has 2 aliphatic carbocycles. The molecule has 1 spiro atoms. The van der Waals surface area contributed by atoms with Crippen LogP contribution in [0.2, 0.25) is 5.02 Å². The molecule has 7 rings (SSSR count). The van der Waals surface area contributed by atoms with Gasteiger partial charge in [-0.1, -0.05) is 48.9 Å². The lowest BCUT2D eigenvalue weighted by atomic mass is 9.69. The van der Waals surface area contributed by atoms with Crippen molar-refractivity contribution in [1.29, 1.82) is 0 Å². The van der Waals surface area contributed by atoms with Crippen molar-refractivity contribution >= 4 is 44.4 Å². The largest absolute Gasteiger partial charge is 0.490 e. The number of carbonyl (C=O) groups is 2. The SMILES string of the molecule is COc1nn(C)cc1C(=O)N=CS1(=O)=NC(=O)c2ccc3c(c2)N(C[C@@H]2CC[C@H]2/C=C/C=C\[C@H](C)C1)C[C@@]1(CCCc2cc(Cl)ccc21)CO3. The molecule has 12 heteroatoms. The van der Waals surface area contributed by atoms with E-state index in [0.29, 0.717) is 29.8 Å². The summed E-state index contributed by atoms with van der Waals surface area (Å²) in [6.45, 7) is 3.97. The van der Waals surface area contributed by atoms with Gasteiger partial charge in [0.05, 0.1) is 29.1 Å². The van der Waals surface area contributed by atoms with Crippen molar-refractivity contribution in [2.24, 2.45) is 34.2 Å². The van der Waals surface area contributed by atoms with Gasteiger partial charge in [-0.05, 0) is 91.3 Å². The number of amides is 2. The van der Waals surface area contributed by atoms with Crippen LogP contribution in [0.15, 0.2) is 76.3 Å². The summed E-state index contributed by atoms with van der Waals surface area (Å²) in [5.74, 6) is 0.148. The number of anilines is 1. The molecule has 3 heterocycles. The summed E-state index contributed by atoms with van der Waals surface area (Å²) >= 11 is 6.44. The molecule has 2 aromatic carbocycles. The van der Waals surface area contributed by atoms with Crippen LogP contribution in [0, 0.1) is 17.8 Å². The number of benzene rings is 2. The van der Waals surface area contributed by atoms with E-state index in [2.05, 4.69) is 43.6 Å². The molecule has 3 aromatic rings. The highest BCUT2D eigenvalue weighted by Gasteiger charge is 2.43. The molecule has 0 radical (unpaired) electrons. The number of aryl methyl sites for hydroxylation is 2. The molecule has 10 nitrogen and oxygen atoms in total. The van der Waals surface area contributed by atoms with Gasteiger partial charge in [0.25, 0.3) is 11.8 Å². The van der Waals surface area contributed by atoms with E-state index in [-0.39, 0.29) is 28.5 Å². The Morgan fingerprint density at radius 3 is 2.82 bits per heavy atom. The van der Waals surface area contributed by atoms with Crippen LogP contribution >= 0.6 is 11.6 Å². The molecular formula is C38H42ClN5O5S. The van der Waals surface area contributed by atoms with Crippen molar-refractivity contribution in [3.05, 3.63) is 94.2 Å². The summed E-state index contributed by atoms with van der Waals surface area (Å²) < 4.78 is 31.9. The Labute approximate surface area is 298 Å². The molecule has 1 saturated carbocycles. The first-order chi connectivity index (χ1) is 24.0. The predicted octanol–water partition coefficient (Wildman–Crippen LogP) is 6.82. The Balaban J connectivity index is 1.29. The minimum absolute atomic E-state index is 0.00219. The molecule has 0 saturated heterocycles. The zero-order chi connectivity index (χ0) is 35.0. The Morgan fingerprint density at radius 2 is 2.02 bits per heavy atom. The van der Waals surface area contributed by atoms with Gasteiger partial charge in [0.2, 0.25) is 5.88 Å². The summed E-state index contributed by atoms with van der Waals surface area (Å²) in [6.07, 6.45) is 15.0. The predicted molar refractivity (Wildman–Crippen MR) is 196 cm³/mol. The lowest BCUT2D eigenvalue weighted by Crippen LogP contribution is -2.48. The molecule has 2 aliphatic heterocycles. The van der Waals surface area contributed by atoms with Crippen molar-refractivity contribution in [3.63, 3.8) is 0 Å². The van der Waals surface area contributed by atoms with Crippen LogP contribution in [-0.2, 0) is 28.6 Å². The van der Waals surface area contributed by atoms with Crippen molar-refractivity contribution in [2.45, 2.75) is 44.4 Å². The van der Waals surface area contributed by atoms with E-state index in [1.165, 1.54) is 29.1 Å². The van der Waals surface area contributed by atoms with Gasteiger partial charge in [0, 0.05) is 48.1 Å². The Bertz CT molecular complexity index is 2050. The van der Waals surface area contributed by atoms with Crippen LogP contribution in [0.1, 0.15) is 64.4 Å². The summed E-state index contributed by atoms with van der Waals surface area (Å²) in [6, 6.07) is 11.6. The van der Waals surface area contributed by atoms with Gasteiger partial charge in [-0.15, -0.1) is 5.10 Å². The number of hydrogen-bond donors (Lipinski definition) is 0. The van der Waals surface area contributed by atoms with Gasteiger partial charge in [-0.2, -0.15) is 4.36 Å². The van der Waals surface area contributed by atoms with E-state index in [0.717, 1.165) is 61.5 Å². The topological polar surface area (TPSA) is 115 Å². The molecule has 2 amide bonds. The molecule has 262 valence electrons. The highest BCUT2D eigenvalue weighted by atomic mass is 35.5. The number of fused-ring (bicyclic) bond motifs is 4. The number of allylic oxidation sites excluding steroid dienone is 4. The zero-order valence-corrected chi connectivity index (χ0v) is 30.2. The minimum atomic E-state index is -3.43. The standard InChI is InChI=1S/C38H42ClN5O5S/c1-25-7-4-5-8-26-10-11-29(26)19-44-22-38(16-6-9-27-17-30(39)13-14-32(27)38)23-49-34-15-12-28(18-33(34)44)35(45)42-50(47,21-25)24-40-36(46)31-20-43(2)41-37(31)48-3/h4-5,7-8,12-15,17-18,20,24-26,29H,6,9-11,16,19,21-23H2,1-3H3/b7-4-,8-5+,40-24?/t25-,26+,29-,38-,50?/m0/s1. The Kier molecular flexibility index (Phi) is 9.47. The number of hydrogen-bond acceptors (Lipinski definition) is 7. The fourth-order valence-corrected chi connectivity index (χ4v) is 9.67. The molecule has 5 atom stereocenters. The molecule has 50 heavy (non-hydrogen) atoms. The monoisotopic (exact) mass is 715 g/mol. The van der Waals surface area contributed by atoms with E-state index < -0.39 is 21.5 Å². The normalized spacial score (nSPS) is 29.2. The number of ether oxygens (including phenoxy) is 2. The Morgan fingerprint density at radius 1 is 1.18 bits per heavy atom. The first-order valence-corrected chi connectivity index (χ1v) is 19.3. The smallest absolute Gasteiger partial charge is 0.285 e. The second-order valence-corrected chi connectivity index (χ2v) is 16.6. The molecule has 1 unspecified atom stereocenters. The summed E-state index contributed by atoms with van der Waals surface area (Å²) in [7, 11) is -0.364. The van der Waals surface area contributed by atoms with Crippen molar-refractivity contribution in [1.82, 2.24) is 9.78 Å². The van der Waals surface area contributed by atoms with Crippen LogP contribution in [0.25, 0.3) is 0 Å². The summed E-state index contributed by atoms with van der Waals surface area (Å²) in [5.41, 5.74) is 4.58. The zero-order valence-electron chi connectivity index (χ0n) is 28.6. The molecular weight excluding hydrogens is 674 g/mol. The van der Waals surface area contributed by atoms with Crippen LogP contribution in [-0.4, -0.2) is 63.9 Å². The van der Waals surface area contributed by atoms with E-state index in [1.54, 1.807) is 13.1 Å². The molecule has 1 fully saturated rings. The minimum Gasteiger partial charge on any atom is -0.490 e. The Hall–Kier alpha value is -4.22. The third-order valence-corrected chi connectivity index (χ3v) is 12.6. The number of methoxy groups -OCH3 is 1. The maximum atomic E-state index is 14.4. The molecule has 0 N–H and O–H groups in total. The summed E-state index contributed by atoms with van der Waals surface area (Å²) in [4.78, 5) is 33.4. The van der Waals surface area contributed by atoms with Crippen molar-refractivity contribution in [2.75, 3.05) is 37.5 Å². The van der Waals surface area contributed by atoms with Gasteiger partial charge in [-0.3, -0.25) is 14.3 Å². The quantitative estimate of drug-likeness (QED) is 0.216. The van der Waals surface area contributed by atoms with Crippen LogP contribution in [0.4, 0.5) is 5.69 Å². The van der Waals surface area contributed by atoms with Crippen molar-refractivity contribution < 1.29 is 23.3 Å². The number of halogens is 1. The number of nitrogens with zero attached hydrogens (tertiary/aromatic N) is 5. The fraction of sp³-hybridized carbons (Fsp3) is 0.421. The van der Waals surface area contributed by atoms with Crippen LogP contribution < -0.4 is 14.4 Å². The lowest BCUT2D eigenvalue weighted by Gasteiger charge is -2.44. The van der Waals surface area contributed by atoms with Crippen LogP contribution in [0.5, 0.6) is 11.6 Å². The third-order valence-electron chi connectivity index (χ3n) is 10.4. The number of rotatable bonds is 3. The average Bonchev–Trinajstić information content (AvgIpc) is 3.40. The number of aliphatic imine (C=N–C) groups is 1. The molecule has 1 aromatic heterocycles. The van der Waals surface area contributed by atoms with Crippen LogP contribution in [0.3, 0.4) is 0 Å². The maximum absolute atomic E-state index is 14.4. The van der Waals surface area contributed by atoms with E-state index in [9.17, 15) is 13.8 Å². The summed E-state index contributed by atoms with van der Waals surface area (Å²) in [5, 5.41) is 4.85. The molecule has 2 bridgehead atoms. The van der Waals surface area contributed by atoms with E-state index in [1.807, 2.05) is 37.3 Å². The van der Waals surface area contributed by atoms with E-state index in [4.69, 9.17) is 21.1 Å². The number of aromatic nitrogens is 2. The van der Waals surface area contributed by atoms with Gasteiger partial charge in [0.1, 0.15) is 16.9 Å². The third kappa shape index (κ3) is 6.90. The average molecular weight is 716 g/mol. The first-order valence-electron chi connectivity index (χ1n) is 17.2. The first kappa shape index (κ1) is 34.2. The highest BCUT2D eigenvalue weighted by molar-refractivity contribution is 8.06. The molecule has 4 aliphatic rings. The van der Waals surface area contributed by atoms with Gasteiger partial charge in [-0.25, -0.2) is 9.20 Å². The van der Waals surface area contributed by atoms with Gasteiger partial charge < -0.3 is 14.4 Å².